The number of carbonyl (C=O) groups is 1. The number of rotatable bonds is 6. The minimum absolute atomic E-state index is 0.104. The van der Waals surface area contributed by atoms with E-state index in [1.165, 1.54) is 0 Å². The zero-order chi connectivity index (χ0) is 24.2. The van der Waals surface area contributed by atoms with Gasteiger partial charge in [-0.2, -0.15) is 9.61 Å². The molecule has 1 saturated heterocycles. The number of aryl methyl sites for hydroxylation is 1. The average Bonchev–Trinajstić information content (AvgIpc) is 3.28. The molecule has 5 rings (SSSR count). The molecule has 180 valence electrons. The lowest BCUT2D eigenvalue weighted by Crippen LogP contribution is -2.39. The normalized spacial score (nSPS) is 15.8. The van der Waals surface area contributed by atoms with Gasteiger partial charge in [-0.25, -0.2) is 19.7 Å². The molecule has 0 spiro atoms. The number of hydrogen-bond donors (Lipinski definition) is 2. The lowest BCUT2D eigenvalue weighted by Gasteiger charge is -2.32. The first-order chi connectivity index (χ1) is 17.1. The van der Waals surface area contributed by atoms with Gasteiger partial charge in [0, 0.05) is 55.1 Å². The minimum Gasteiger partial charge on any atom is -0.445 e. The van der Waals surface area contributed by atoms with Gasteiger partial charge in [-0.3, -0.25) is 0 Å². The second-order valence-electron chi connectivity index (χ2n) is 8.76. The number of likely N-dealkylation sites (tertiary alicyclic amines) is 1. The second-order valence-corrected chi connectivity index (χ2v) is 8.76. The fourth-order valence-electron chi connectivity index (χ4n) is 4.27. The van der Waals surface area contributed by atoms with Crippen LogP contribution >= 0.6 is 0 Å². The predicted octanol–water partition coefficient (Wildman–Crippen LogP) is 3.54. The number of ether oxygens (including phenoxy) is 1. The van der Waals surface area contributed by atoms with E-state index in [-0.39, 0.29) is 24.6 Å². The van der Waals surface area contributed by atoms with Gasteiger partial charge in [0.1, 0.15) is 12.4 Å². The molecule has 1 aliphatic rings. The van der Waals surface area contributed by atoms with Crippen LogP contribution in [0.1, 0.15) is 41.1 Å². The van der Waals surface area contributed by atoms with Gasteiger partial charge in [0.05, 0.1) is 11.9 Å². The largest absolute Gasteiger partial charge is 0.445 e. The van der Waals surface area contributed by atoms with Crippen molar-refractivity contribution in [1.29, 1.82) is 0 Å². The number of nitrogens with two attached hydrogens (primary N) is 1. The third-order valence-electron chi connectivity index (χ3n) is 6.17. The quantitative estimate of drug-likeness (QED) is 0.437. The van der Waals surface area contributed by atoms with Gasteiger partial charge in [-0.15, -0.1) is 0 Å². The Morgan fingerprint density at radius 2 is 1.97 bits per heavy atom. The Kier molecular flexibility index (Phi) is 6.42. The first-order valence-electron chi connectivity index (χ1n) is 11.7. The summed E-state index contributed by atoms with van der Waals surface area (Å²) in [6.45, 7) is 4.02. The number of amides is 1. The Hall–Kier alpha value is -4.21. The molecule has 1 aliphatic heterocycles. The van der Waals surface area contributed by atoms with Crippen molar-refractivity contribution in [1.82, 2.24) is 29.5 Å². The molecule has 0 radical (unpaired) electrons. The van der Waals surface area contributed by atoms with E-state index in [1.807, 2.05) is 43.3 Å². The number of nitrogen functional groups attached to an aromatic ring is 1. The second kappa shape index (κ2) is 9.96. The van der Waals surface area contributed by atoms with Gasteiger partial charge in [-0.05, 0) is 25.3 Å². The monoisotopic (exact) mass is 472 g/mol. The van der Waals surface area contributed by atoms with Crippen LogP contribution in [0.4, 0.5) is 16.6 Å². The fourth-order valence-corrected chi connectivity index (χ4v) is 4.27. The Balaban J connectivity index is 1.32. The molecule has 4 heterocycles. The summed E-state index contributed by atoms with van der Waals surface area (Å²) in [5, 5.41) is 7.91. The van der Waals surface area contributed by atoms with Crippen LogP contribution in [0.2, 0.25) is 0 Å². The lowest BCUT2D eigenvalue weighted by molar-refractivity contribution is 0.0856. The van der Waals surface area contributed by atoms with Crippen molar-refractivity contribution in [3.8, 4) is 0 Å². The van der Waals surface area contributed by atoms with Crippen LogP contribution in [-0.4, -0.2) is 48.6 Å². The summed E-state index contributed by atoms with van der Waals surface area (Å²) in [7, 11) is 0. The number of benzene rings is 1. The highest BCUT2D eigenvalue weighted by atomic mass is 16.6. The molecular formula is C25H28N8O2. The van der Waals surface area contributed by atoms with E-state index in [2.05, 4.69) is 20.4 Å². The molecule has 1 atom stereocenters. The van der Waals surface area contributed by atoms with Gasteiger partial charge in [-0.1, -0.05) is 30.3 Å². The summed E-state index contributed by atoms with van der Waals surface area (Å²) in [5.41, 5.74) is 10.2. The van der Waals surface area contributed by atoms with Crippen molar-refractivity contribution in [2.45, 2.75) is 38.8 Å². The van der Waals surface area contributed by atoms with Crippen molar-refractivity contribution < 1.29 is 9.53 Å². The molecule has 3 N–H and O–H groups in total. The van der Waals surface area contributed by atoms with Gasteiger partial charge in [0.25, 0.3) is 0 Å². The van der Waals surface area contributed by atoms with Crippen molar-refractivity contribution in [2.24, 2.45) is 0 Å². The maximum Gasteiger partial charge on any atom is 0.410 e. The summed E-state index contributed by atoms with van der Waals surface area (Å²) >= 11 is 0. The standard InChI is InChI=1S/C25H28N8O2/c1-17-11-30-33-22(27-12-19-13-28-24(26)29-14-19)10-21(31-23(17)33)20-8-5-9-32(15-20)25(34)35-16-18-6-3-2-4-7-18/h2-4,6-7,10-11,13-14,20,27H,5,8-9,12,15-16H2,1H3,(H2,26,28,29). The smallest absolute Gasteiger partial charge is 0.410 e. The highest BCUT2D eigenvalue weighted by molar-refractivity contribution is 5.68. The summed E-state index contributed by atoms with van der Waals surface area (Å²) in [5.74, 6) is 1.17. The molecule has 1 amide bonds. The number of nitrogens with one attached hydrogen (secondary N) is 1. The van der Waals surface area contributed by atoms with Crippen molar-refractivity contribution in [3.05, 3.63) is 77.4 Å². The summed E-state index contributed by atoms with van der Waals surface area (Å²) in [4.78, 5) is 27.6. The van der Waals surface area contributed by atoms with Crippen LogP contribution in [0.25, 0.3) is 5.65 Å². The van der Waals surface area contributed by atoms with Crippen LogP contribution in [-0.2, 0) is 17.9 Å². The lowest BCUT2D eigenvalue weighted by atomic mass is 9.94. The number of hydrogen-bond acceptors (Lipinski definition) is 8. The van der Waals surface area contributed by atoms with E-state index in [0.29, 0.717) is 19.6 Å². The SMILES string of the molecule is Cc1cnn2c(NCc3cnc(N)nc3)cc(C3CCCN(C(=O)OCc4ccccc4)C3)nc12. The fraction of sp³-hybridized carbons (Fsp3) is 0.320. The van der Waals surface area contributed by atoms with E-state index in [9.17, 15) is 4.79 Å². The van der Waals surface area contributed by atoms with E-state index < -0.39 is 0 Å². The summed E-state index contributed by atoms with van der Waals surface area (Å²) in [6.07, 6.45) is 6.75. The number of piperidine rings is 1. The molecule has 0 saturated carbocycles. The Morgan fingerprint density at radius 1 is 1.17 bits per heavy atom. The summed E-state index contributed by atoms with van der Waals surface area (Å²) in [6, 6.07) is 11.7. The molecule has 0 aliphatic carbocycles. The molecule has 1 unspecified atom stereocenters. The molecule has 3 aromatic heterocycles. The van der Waals surface area contributed by atoms with Crippen LogP contribution in [0.5, 0.6) is 0 Å². The van der Waals surface area contributed by atoms with Crippen LogP contribution in [0.3, 0.4) is 0 Å². The Bertz CT molecular complexity index is 1310. The van der Waals surface area contributed by atoms with Crippen LogP contribution in [0, 0.1) is 6.92 Å². The average molecular weight is 473 g/mol. The third kappa shape index (κ3) is 5.16. The van der Waals surface area contributed by atoms with E-state index in [4.69, 9.17) is 15.5 Å². The number of aromatic nitrogens is 5. The molecule has 10 nitrogen and oxygen atoms in total. The van der Waals surface area contributed by atoms with E-state index in [1.54, 1.807) is 28.0 Å². The Morgan fingerprint density at radius 3 is 2.77 bits per heavy atom. The number of carbonyl (C=O) groups excluding carboxylic acids is 1. The topological polar surface area (TPSA) is 124 Å². The minimum atomic E-state index is -0.290. The first-order valence-corrected chi connectivity index (χ1v) is 11.7. The zero-order valence-electron chi connectivity index (χ0n) is 19.6. The number of anilines is 2. The van der Waals surface area contributed by atoms with Crippen molar-refractivity contribution in [2.75, 3.05) is 24.1 Å². The molecule has 10 heteroatoms. The molecular weight excluding hydrogens is 444 g/mol. The van der Waals surface area contributed by atoms with Gasteiger partial charge in [0.2, 0.25) is 5.95 Å². The highest BCUT2D eigenvalue weighted by Crippen LogP contribution is 2.29. The van der Waals surface area contributed by atoms with E-state index >= 15 is 0 Å². The first kappa shape index (κ1) is 22.6. The molecule has 35 heavy (non-hydrogen) atoms. The predicted molar refractivity (Wildman–Crippen MR) is 132 cm³/mol. The van der Waals surface area contributed by atoms with Gasteiger partial charge < -0.3 is 20.7 Å². The van der Waals surface area contributed by atoms with Crippen molar-refractivity contribution >= 4 is 23.5 Å². The van der Waals surface area contributed by atoms with Crippen LogP contribution in [0.15, 0.2) is 55.0 Å². The molecule has 0 bridgehead atoms. The maximum atomic E-state index is 12.8. The van der Waals surface area contributed by atoms with Gasteiger partial charge >= 0.3 is 6.09 Å². The third-order valence-corrected chi connectivity index (χ3v) is 6.17. The number of fused-ring (bicyclic) bond motifs is 1. The number of nitrogens with zero attached hydrogens (tertiary/aromatic N) is 6. The van der Waals surface area contributed by atoms with Gasteiger partial charge in [0.15, 0.2) is 5.65 Å². The van der Waals surface area contributed by atoms with Crippen LogP contribution < -0.4 is 11.1 Å². The zero-order valence-corrected chi connectivity index (χ0v) is 19.6. The highest BCUT2D eigenvalue weighted by Gasteiger charge is 2.27. The molecule has 1 aromatic carbocycles. The maximum absolute atomic E-state index is 12.8. The van der Waals surface area contributed by atoms with Crippen molar-refractivity contribution in [3.63, 3.8) is 0 Å². The molecule has 4 aromatic rings. The summed E-state index contributed by atoms with van der Waals surface area (Å²) < 4.78 is 7.37. The van der Waals surface area contributed by atoms with E-state index in [0.717, 1.165) is 46.7 Å². The Labute approximate surface area is 203 Å². The molecule has 1 fully saturated rings.